The van der Waals surface area contributed by atoms with Crippen molar-refractivity contribution in [1.29, 1.82) is 0 Å². The minimum absolute atomic E-state index is 0.188. The Morgan fingerprint density at radius 3 is 2.76 bits per heavy atom. The molecule has 1 fully saturated rings. The van der Waals surface area contributed by atoms with Crippen LogP contribution in [0, 0.1) is 12.8 Å². The van der Waals surface area contributed by atoms with Crippen molar-refractivity contribution < 1.29 is 4.79 Å². The third-order valence-electron chi connectivity index (χ3n) is 3.14. The topological polar surface area (TPSA) is 33.2 Å². The highest BCUT2D eigenvalue weighted by molar-refractivity contribution is 7.11. The third kappa shape index (κ3) is 3.06. The Morgan fingerprint density at radius 1 is 1.59 bits per heavy atom. The van der Waals surface area contributed by atoms with E-state index in [2.05, 4.69) is 23.7 Å². The van der Waals surface area contributed by atoms with Gasteiger partial charge >= 0.3 is 0 Å². The molecule has 0 aliphatic heterocycles. The third-order valence-corrected chi connectivity index (χ3v) is 4.05. The first-order valence-electron chi connectivity index (χ1n) is 6.30. The standard InChI is InChI=1S/C13H20N2OS/c1-9(2)6-7-15(11-4-5-11)13(16)12-10(3)14-8-17-12/h8-9,11H,4-7H2,1-3H3. The molecule has 0 unspecified atom stereocenters. The summed E-state index contributed by atoms with van der Waals surface area (Å²) in [7, 11) is 0. The van der Waals surface area contributed by atoms with E-state index in [4.69, 9.17) is 0 Å². The second-order valence-electron chi connectivity index (χ2n) is 5.18. The number of aryl methyl sites for hydroxylation is 1. The summed E-state index contributed by atoms with van der Waals surface area (Å²) >= 11 is 1.46. The molecule has 1 aliphatic rings. The van der Waals surface area contributed by atoms with Gasteiger partial charge in [0.2, 0.25) is 0 Å². The molecule has 94 valence electrons. The predicted octanol–water partition coefficient (Wildman–Crippen LogP) is 3.10. The number of amides is 1. The monoisotopic (exact) mass is 252 g/mol. The molecule has 17 heavy (non-hydrogen) atoms. The van der Waals surface area contributed by atoms with Crippen molar-refractivity contribution in [2.45, 2.75) is 46.1 Å². The maximum atomic E-state index is 12.4. The normalized spacial score (nSPS) is 15.3. The van der Waals surface area contributed by atoms with Crippen LogP contribution in [0.15, 0.2) is 5.51 Å². The van der Waals surface area contributed by atoms with Gasteiger partial charge in [-0.25, -0.2) is 4.98 Å². The lowest BCUT2D eigenvalue weighted by molar-refractivity contribution is 0.0739. The highest BCUT2D eigenvalue weighted by atomic mass is 32.1. The predicted molar refractivity (Wildman–Crippen MR) is 70.4 cm³/mol. The maximum absolute atomic E-state index is 12.4. The van der Waals surface area contributed by atoms with Gasteiger partial charge in [0.05, 0.1) is 11.2 Å². The van der Waals surface area contributed by atoms with Gasteiger partial charge in [-0.15, -0.1) is 11.3 Å². The maximum Gasteiger partial charge on any atom is 0.266 e. The van der Waals surface area contributed by atoms with Gasteiger partial charge in [-0.2, -0.15) is 0 Å². The first kappa shape index (κ1) is 12.6. The van der Waals surface area contributed by atoms with Crippen molar-refractivity contribution >= 4 is 17.2 Å². The van der Waals surface area contributed by atoms with Crippen molar-refractivity contribution in [1.82, 2.24) is 9.88 Å². The Morgan fingerprint density at radius 2 is 2.29 bits per heavy atom. The van der Waals surface area contributed by atoms with Gasteiger partial charge in [0.15, 0.2) is 0 Å². The molecule has 0 N–H and O–H groups in total. The van der Waals surface area contributed by atoms with E-state index in [9.17, 15) is 4.79 Å². The van der Waals surface area contributed by atoms with Crippen LogP contribution < -0.4 is 0 Å². The van der Waals surface area contributed by atoms with E-state index in [1.165, 1.54) is 24.2 Å². The van der Waals surface area contributed by atoms with Crippen LogP contribution in [0.3, 0.4) is 0 Å². The molecule has 0 spiro atoms. The van der Waals surface area contributed by atoms with Crippen LogP contribution in [0.1, 0.15) is 48.5 Å². The molecule has 3 nitrogen and oxygen atoms in total. The Labute approximate surface area is 107 Å². The SMILES string of the molecule is Cc1ncsc1C(=O)N(CCC(C)C)C1CC1. The lowest BCUT2D eigenvalue weighted by Crippen LogP contribution is -2.34. The molecule has 0 atom stereocenters. The Kier molecular flexibility index (Phi) is 3.82. The molecule has 1 aliphatic carbocycles. The molecular formula is C13H20N2OS. The Hall–Kier alpha value is -0.900. The molecule has 2 rings (SSSR count). The van der Waals surface area contributed by atoms with E-state index in [-0.39, 0.29) is 5.91 Å². The Balaban J connectivity index is 2.05. The molecule has 4 heteroatoms. The van der Waals surface area contributed by atoms with E-state index in [1.54, 1.807) is 5.51 Å². The number of carbonyl (C=O) groups is 1. The molecule has 0 bridgehead atoms. The molecule has 0 saturated heterocycles. The van der Waals surface area contributed by atoms with Crippen LogP contribution in [-0.4, -0.2) is 28.4 Å². The fourth-order valence-electron chi connectivity index (χ4n) is 1.87. The summed E-state index contributed by atoms with van der Waals surface area (Å²) in [5, 5.41) is 0. The molecular weight excluding hydrogens is 232 g/mol. The zero-order chi connectivity index (χ0) is 12.4. The van der Waals surface area contributed by atoms with E-state index in [1.807, 2.05) is 6.92 Å². The van der Waals surface area contributed by atoms with Crippen LogP contribution in [0.4, 0.5) is 0 Å². The second-order valence-corrected chi connectivity index (χ2v) is 6.03. The number of hydrogen-bond acceptors (Lipinski definition) is 3. The quantitative estimate of drug-likeness (QED) is 0.806. The summed E-state index contributed by atoms with van der Waals surface area (Å²) in [6.07, 6.45) is 3.42. The first-order chi connectivity index (χ1) is 8.09. The van der Waals surface area contributed by atoms with Crippen molar-refractivity contribution in [2.75, 3.05) is 6.54 Å². The van der Waals surface area contributed by atoms with Crippen molar-refractivity contribution in [3.8, 4) is 0 Å². The van der Waals surface area contributed by atoms with Gasteiger partial charge in [0, 0.05) is 12.6 Å². The first-order valence-corrected chi connectivity index (χ1v) is 7.18. The van der Waals surface area contributed by atoms with Gasteiger partial charge in [0.25, 0.3) is 5.91 Å². The van der Waals surface area contributed by atoms with Crippen LogP contribution in [0.2, 0.25) is 0 Å². The summed E-state index contributed by atoms with van der Waals surface area (Å²) in [5.74, 6) is 0.833. The van der Waals surface area contributed by atoms with E-state index in [0.717, 1.165) is 23.5 Å². The molecule has 1 aromatic heterocycles. The fourth-order valence-corrected chi connectivity index (χ4v) is 2.63. The number of aromatic nitrogens is 1. The number of thiazole rings is 1. The van der Waals surface area contributed by atoms with Crippen LogP contribution in [-0.2, 0) is 0 Å². The van der Waals surface area contributed by atoms with Gasteiger partial charge in [-0.05, 0) is 32.1 Å². The van der Waals surface area contributed by atoms with Crippen LogP contribution >= 0.6 is 11.3 Å². The molecule has 1 amide bonds. The lowest BCUT2D eigenvalue weighted by Gasteiger charge is -2.22. The lowest BCUT2D eigenvalue weighted by atomic mass is 10.1. The van der Waals surface area contributed by atoms with E-state index >= 15 is 0 Å². The average Bonchev–Trinajstić information content (AvgIpc) is 3.00. The average molecular weight is 252 g/mol. The Bertz CT molecular complexity index is 396. The molecule has 1 aromatic rings. The van der Waals surface area contributed by atoms with Gasteiger partial charge in [-0.3, -0.25) is 4.79 Å². The van der Waals surface area contributed by atoms with Crippen molar-refractivity contribution in [3.05, 3.63) is 16.1 Å². The summed E-state index contributed by atoms with van der Waals surface area (Å²) in [5.41, 5.74) is 2.63. The number of nitrogens with zero attached hydrogens (tertiary/aromatic N) is 2. The highest BCUT2D eigenvalue weighted by Crippen LogP contribution is 2.30. The smallest absolute Gasteiger partial charge is 0.266 e. The van der Waals surface area contributed by atoms with Crippen LogP contribution in [0.25, 0.3) is 0 Å². The molecule has 1 saturated carbocycles. The van der Waals surface area contributed by atoms with Crippen molar-refractivity contribution in [2.24, 2.45) is 5.92 Å². The van der Waals surface area contributed by atoms with Crippen LogP contribution in [0.5, 0.6) is 0 Å². The fraction of sp³-hybridized carbons (Fsp3) is 0.692. The number of carbonyl (C=O) groups excluding carboxylic acids is 1. The molecule has 0 aromatic carbocycles. The van der Waals surface area contributed by atoms with E-state index < -0.39 is 0 Å². The van der Waals surface area contributed by atoms with E-state index in [0.29, 0.717) is 12.0 Å². The van der Waals surface area contributed by atoms with Gasteiger partial charge < -0.3 is 4.90 Å². The highest BCUT2D eigenvalue weighted by Gasteiger charge is 2.33. The molecule has 0 radical (unpaired) electrons. The zero-order valence-electron chi connectivity index (χ0n) is 10.8. The minimum Gasteiger partial charge on any atom is -0.335 e. The van der Waals surface area contributed by atoms with Gasteiger partial charge in [0.1, 0.15) is 4.88 Å². The van der Waals surface area contributed by atoms with Crippen molar-refractivity contribution in [3.63, 3.8) is 0 Å². The largest absolute Gasteiger partial charge is 0.335 e. The minimum atomic E-state index is 0.188. The summed E-state index contributed by atoms with van der Waals surface area (Å²) in [4.78, 5) is 19.5. The second kappa shape index (κ2) is 5.17. The molecule has 1 heterocycles. The summed E-state index contributed by atoms with van der Waals surface area (Å²) < 4.78 is 0. The number of hydrogen-bond donors (Lipinski definition) is 0. The van der Waals surface area contributed by atoms with Gasteiger partial charge in [-0.1, -0.05) is 13.8 Å². The summed E-state index contributed by atoms with van der Waals surface area (Å²) in [6, 6.07) is 0.489. The summed E-state index contributed by atoms with van der Waals surface area (Å²) in [6.45, 7) is 7.21. The zero-order valence-corrected chi connectivity index (χ0v) is 11.6. The number of rotatable bonds is 5.